The molecule has 2 rings (SSSR count). The van der Waals surface area contributed by atoms with E-state index < -0.39 is 5.92 Å². The summed E-state index contributed by atoms with van der Waals surface area (Å²) in [6.45, 7) is 0. The number of alkyl halides is 2. The van der Waals surface area contributed by atoms with Crippen LogP contribution in [-0.4, -0.2) is 5.92 Å². The Balaban J connectivity index is 2.10. The monoisotopic (exact) mass is 188 g/mol. The third-order valence-electron chi connectivity index (χ3n) is 2.35. The van der Waals surface area contributed by atoms with Crippen LogP contribution in [0.15, 0.2) is 17.5 Å². The van der Waals surface area contributed by atoms with Crippen molar-refractivity contribution >= 4 is 11.3 Å². The Hall–Kier alpha value is -0.440. The van der Waals surface area contributed by atoms with Gasteiger partial charge in [-0.05, 0) is 23.8 Å². The van der Waals surface area contributed by atoms with Crippen LogP contribution in [-0.2, 0) is 0 Å². The summed E-state index contributed by atoms with van der Waals surface area (Å²) in [5, 5.41) is 1.95. The summed E-state index contributed by atoms with van der Waals surface area (Å²) in [7, 11) is 0. The van der Waals surface area contributed by atoms with Crippen LogP contribution in [0.3, 0.4) is 0 Å². The molecule has 1 unspecified atom stereocenters. The van der Waals surface area contributed by atoms with E-state index in [1.54, 1.807) is 11.3 Å². The first-order chi connectivity index (χ1) is 5.67. The van der Waals surface area contributed by atoms with Crippen LogP contribution in [0.1, 0.15) is 30.1 Å². The Bertz CT molecular complexity index is 254. The van der Waals surface area contributed by atoms with Crippen molar-refractivity contribution in [2.45, 2.75) is 31.1 Å². The van der Waals surface area contributed by atoms with Crippen LogP contribution in [0.4, 0.5) is 8.78 Å². The van der Waals surface area contributed by atoms with Crippen molar-refractivity contribution in [3.63, 3.8) is 0 Å². The van der Waals surface area contributed by atoms with Crippen LogP contribution < -0.4 is 0 Å². The summed E-state index contributed by atoms with van der Waals surface area (Å²) in [4.78, 5) is 1.12. The molecule has 0 radical (unpaired) electrons. The molecule has 1 aromatic rings. The number of hydrogen-bond acceptors (Lipinski definition) is 1. The van der Waals surface area contributed by atoms with Crippen molar-refractivity contribution in [3.8, 4) is 0 Å². The molecule has 1 aliphatic rings. The second-order valence-corrected chi connectivity index (χ2v) is 4.29. The molecule has 66 valence electrons. The molecule has 3 heteroatoms. The highest BCUT2D eigenvalue weighted by Gasteiger charge is 2.40. The molecule has 0 aromatic carbocycles. The van der Waals surface area contributed by atoms with Gasteiger partial charge in [0.25, 0.3) is 0 Å². The lowest BCUT2D eigenvalue weighted by Crippen LogP contribution is -2.08. The lowest BCUT2D eigenvalue weighted by molar-refractivity contribution is 0.00786. The van der Waals surface area contributed by atoms with E-state index in [1.165, 1.54) is 0 Å². The predicted molar refractivity (Wildman–Crippen MR) is 45.9 cm³/mol. The highest BCUT2D eigenvalue weighted by Crippen LogP contribution is 2.45. The van der Waals surface area contributed by atoms with Gasteiger partial charge in [0.05, 0.1) is 0 Å². The van der Waals surface area contributed by atoms with Gasteiger partial charge in [-0.3, -0.25) is 0 Å². The summed E-state index contributed by atoms with van der Waals surface area (Å²) in [6, 6.07) is 3.88. The van der Waals surface area contributed by atoms with E-state index in [4.69, 9.17) is 0 Å². The molecule has 0 bridgehead atoms. The van der Waals surface area contributed by atoms with Crippen LogP contribution in [0.25, 0.3) is 0 Å². The Morgan fingerprint density at radius 3 is 2.83 bits per heavy atom. The van der Waals surface area contributed by atoms with E-state index in [1.807, 2.05) is 17.5 Å². The largest absolute Gasteiger partial charge is 0.248 e. The zero-order valence-electron chi connectivity index (χ0n) is 6.59. The molecule has 0 N–H and O–H groups in total. The van der Waals surface area contributed by atoms with Crippen molar-refractivity contribution in [3.05, 3.63) is 22.4 Å². The number of rotatable bonds is 1. The summed E-state index contributed by atoms with van der Waals surface area (Å²) in [5.41, 5.74) is 0. The molecule has 1 saturated carbocycles. The Kier molecular flexibility index (Phi) is 1.91. The molecule has 1 fully saturated rings. The third-order valence-corrected chi connectivity index (χ3v) is 3.38. The molecule has 0 saturated heterocycles. The lowest BCUT2D eigenvalue weighted by Gasteiger charge is -2.07. The van der Waals surface area contributed by atoms with Crippen LogP contribution >= 0.6 is 11.3 Å². The molecular weight excluding hydrogens is 178 g/mol. The third kappa shape index (κ3) is 1.51. The summed E-state index contributed by atoms with van der Waals surface area (Å²) in [5.74, 6) is -2.30. The van der Waals surface area contributed by atoms with Crippen molar-refractivity contribution < 1.29 is 8.78 Å². The first-order valence-corrected chi connectivity index (χ1v) is 4.97. The average molecular weight is 188 g/mol. The molecule has 0 nitrogen and oxygen atoms in total. The molecule has 0 spiro atoms. The number of thiophene rings is 1. The first-order valence-electron chi connectivity index (χ1n) is 4.09. The summed E-state index contributed by atoms with van der Waals surface area (Å²) in [6.07, 6.45) is 0.761. The standard InChI is InChI=1S/C9H10F2S/c10-9(11)4-3-7(6-9)8-2-1-5-12-8/h1-2,5,7H,3-4,6H2. The fourth-order valence-corrected chi connectivity index (χ4v) is 2.58. The van der Waals surface area contributed by atoms with Crippen molar-refractivity contribution in [1.29, 1.82) is 0 Å². The fourth-order valence-electron chi connectivity index (χ4n) is 1.72. The second-order valence-electron chi connectivity index (χ2n) is 3.31. The Labute approximate surface area is 74.2 Å². The minimum atomic E-state index is -2.41. The number of halogens is 2. The second kappa shape index (κ2) is 2.80. The van der Waals surface area contributed by atoms with Crippen LogP contribution in [0.5, 0.6) is 0 Å². The zero-order chi connectivity index (χ0) is 8.60. The predicted octanol–water partition coefficient (Wildman–Crippen LogP) is 3.65. The van der Waals surface area contributed by atoms with Crippen LogP contribution in [0.2, 0.25) is 0 Å². The minimum absolute atomic E-state index is 0.0491. The van der Waals surface area contributed by atoms with E-state index in [-0.39, 0.29) is 18.8 Å². The van der Waals surface area contributed by atoms with Gasteiger partial charge in [-0.15, -0.1) is 11.3 Å². The molecular formula is C9H10F2S. The van der Waals surface area contributed by atoms with E-state index in [0.717, 1.165) is 4.88 Å². The topological polar surface area (TPSA) is 0 Å². The minimum Gasteiger partial charge on any atom is -0.207 e. The highest BCUT2D eigenvalue weighted by molar-refractivity contribution is 7.10. The van der Waals surface area contributed by atoms with Crippen LogP contribution in [0, 0.1) is 0 Å². The zero-order valence-corrected chi connectivity index (χ0v) is 7.41. The quantitative estimate of drug-likeness (QED) is 0.631. The average Bonchev–Trinajstić information content (AvgIpc) is 2.55. The first kappa shape index (κ1) is 8.17. The maximum atomic E-state index is 12.8. The highest BCUT2D eigenvalue weighted by atomic mass is 32.1. The van der Waals surface area contributed by atoms with Gasteiger partial charge >= 0.3 is 0 Å². The van der Waals surface area contributed by atoms with E-state index in [9.17, 15) is 8.78 Å². The molecule has 0 aliphatic heterocycles. The van der Waals surface area contributed by atoms with Crippen molar-refractivity contribution in [2.75, 3.05) is 0 Å². The SMILES string of the molecule is FC1(F)CCC(c2cccs2)C1. The van der Waals surface area contributed by atoms with Gasteiger partial charge in [0.2, 0.25) is 5.92 Å². The molecule has 1 aliphatic carbocycles. The van der Waals surface area contributed by atoms with Gasteiger partial charge in [-0.1, -0.05) is 6.07 Å². The molecule has 0 amide bonds. The molecule has 1 heterocycles. The maximum absolute atomic E-state index is 12.8. The summed E-state index contributed by atoms with van der Waals surface area (Å²) >= 11 is 1.59. The van der Waals surface area contributed by atoms with Gasteiger partial charge in [-0.25, -0.2) is 8.78 Å². The molecule has 12 heavy (non-hydrogen) atoms. The van der Waals surface area contributed by atoms with Gasteiger partial charge in [0, 0.05) is 17.7 Å². The fraction of sp³-hybridized carbons (Fsp3) is 0.556. The van der Waals surface area contributed by atoms with Crippen molar-refractivity contribution in [2.24, 2.45) is 0 Å². The van der Waals surface area contributed by atoms with Gasteiger partial charge in [0.1, 0.15) is 0 Å². The molecule has 1 aromatic heterocycles. The molecule has 1 atom stereocenters. The smallest absolute Gasteiger partial charge is 0.207 e. The Morgan fingerprint density at radius 1 is 1.50 bits per heavy atom. The van der Waals surface area contributed by atoms with E-state index >= 15 is 0 Å². The lowest BCUT2D eigenvalue weighted by atomic mass is 10.1. The number of hydrogen-bond donors (Lipinski definition) is 0. The van der Waals surface area contributed by atoms with Gasteiger partial charge in [0.15, 0.2) is 0 Å². The normalized spacial score (nSPS) is 27.7. The maximum Gasteiger partial charge on any atom is 0.248 e. The van der Waals surface area contributed by atoms with Gasteiger partial charge < -0.3 is 0 Å². The Morgan fingerprint density at radius 2 is 2.33 bits per heavy atom. The van der Waals surface area contributed by atoms with E-state index in [0.29, 0.717) is 6.42 Å². The summed E-state index contributed by atoms with van der Waals surface area (Å²) < 4.78 is 25.6. The van der Waals surface area contributed by atoms with Crippen molar-refractivity contribution in [1.82, 2.24) is 0 Å². The van der Waals surface area contributed by atoms with E-state index in [2.05, 4.69) is 0 Å². The van der Waals surface area contributed by atoms with Gasteiger partial charge in [-0.2, -0.15) is 0 Å².